The minimum absolute atomic E-state index is 0.0610. The molecule has 0 saturated carbocycles. The molecule has 0 atom stereocenters. The van der Waals surface area contributed by atoms with Crippen molar-refractivity contribution in [1.82, 2.24) is 4.90 Å². The van der Waals surface area contributed by atoms with Gasteiger partial charge in [-0.25, -0.2) is 4.39 Å². The summed E-state index contributed by atoms with van der Waals surface area (Å²) in [4.78, 5) is 14.8. The predicted molar refractivity (Wildman–Crippen MR) is 137 cm³/mol. The van der Waals surface area contributed by atoms with Crippen LogP contribution in [-0.4, -0.2) is 58.1 Å². The molecule has 0 aliphatic carbocycles. The molecule has 0 unspecified atom stereocenters. The van der Waals surface area contributed by atoms with Gasteiger partial charge in [0.1, 0.15) is 5.84 Å². The highest BCUT2D eigenvalue weighted by Crippen LogP contribution is 2.41. The highest BCUT2D eigenvalue weighted by atomic mass is 32.2. The van der Waals surface area contributed by atoms with E-state index in [0.717, 1.165) is 6.26 Å². The molecule has 1 aliphatic rings. The third-order valence-electron chi connectivity index (χ3n) is 5.74. The van der Waals surface area contributed by atoms with Crippen molar-refractivity contribution in [2.75, 3.05) is 33.1 Å². The summed E-state index contributed by atoms with van der Waals surface area (Å²) in [5, 5.41) is 8.56. The Labute approximate surface area is 217 Å². The number of methoxy groups -OCH3 is 1. The molecule has 2 aromatic carbocycles. The predicted octanol–water partition coefficient (Wildman–Crippen LogP) is 4.29. The van der Waals surface area contributed by atoms with Crippen LogP contribution in [0.4, 0.5) is 4.39 Å². The van der Waals surface area contributed by atoms with Gasteiger partial charge in [0.05, 0.1) is 38.7 Å². The van der Waals surface area contributed by atoms with Crippen LogP contribution < -0.4 is 18.4 Å². The first-order valence-electron chi connectivity index (χ1n) is 11.8. The van der Waals surface area contributed by atoms with E-state index in [9.17, 15) is 13.2 Å². The molecule has 11 heteroatoms. The fourth-order valence-electron chi connectivity index (χ4n) is 4.18. The van der Waals surface area contributed by atoms with Crippen LogP contribution >= 0.6 is 0 Å². The van der Waals surface area contributed by atoms with Gasteiger partial charge in [0, 0.05) is 17.7 Å². The molecular formula is C26H33FN2O7S. The van der Waals surface area contributed by atoms with Crippen LogP contribution in [-0.2, 0) is 22.1 Å². The van der Waals surface area contributed by atoms with Gasteiger partial charge in [-0.15, -0.1) is 0 Å². The lowest BCUT2D eigenvalue weighted by atomic mass is 9.84. The molecule has 0 saturated heterocycles. The quantitative estimate of drug-likeness (QED) is 0.353. The zero-order chi connectivity index (χ0) is 27.7. The fourth-order valence-corrected chi connectivity index (χ4v) is 4.63. The van der Waals surface area contributed by atoms with Crippen molar-refractivity contribution in [2.24, 2.45) is 0 Å². The molecular weight excluding hydrogens is 503 g/mol. The van der Waals surface area contributed by atoms with Gasteiger partial charge < -0.3 is 23.3 Å². The molecule has 9 nitrogen and oxygen atoms in total. The molecule has 202 valence electrons. The van der Waals surface area contributed by atoms with Gasteiger partial charge in [0.2, 0.25) is 0 Å². The highest BCUT2D eigenvalue weighted by Gasteiger charge is 2.34. The van der Waals surface area contributed by atoms with Crippen molar-refractivity contribution < 1.29 is 36.0 Å². The van der Waals surface area contributed by atoms with E-state index >= 15 is 4.39 Å². The van der Waals surface area contributed by atoms with E-state index in [0.29, 0.717) is 17.7 Å². The second-order valence-electron chi connectivity index (χ2n) is 9.64. The number of nitrogens with zero attached hydrogens (tertiary/aromatic N) is 1. The van der Waals surface area contributed by atoms with Gasteiger partial charge in [0.15, 0.2) is 34.6 Å². The minimum atomic E-state index is -3.91. The van der Waals surface area contributed by atoms with Gasteiger partial charge in [-0.3, -0.25) is 10.2 Å². The van der Waals surface area contributed by atoms with E-state index in [1.807, 2.05) is 20.8 Å². The van der Waals surface area contributed by atoms with Crippen molar-refractivity contribution in [3.05, 3.63) is 46.3 Å². The third kappa shape index (κ3) is 5.98. The first kappa shape index (κ1) is 28.2. The maximum Gasteiger partial charge on any atom is 0.306 e. The van der Waals surface area contributed by atoms with Crippen LogP contribution in [0.3, 0.4) is 0 Å². The molecule has 0 amide bonds. The number of hydrogen-bond donors (Lipinski definition) is 1. The lowest BCUT2D eigenvalue weighted by Gasteiger charge is -2.25. The summed E-state index contributed by atoms with van der Waals surface area (Å²) in [6.07, 6.45) is 0.905. The average molecular weight is 537 g/mol. The first-order valence-corrected chi connectivity index (χ1v) is 13.6. The Morgan fingerprint density at radius 1 is 1.08 bits per heavy atom. The summed E-state index contributed by atoms with van der Waals surface area (Å²) in [6, 6.07) is 4.57. The number of carbonyl (C=O) groups excluding carboxylic acids is 1. The van der Waals surface area contributed by atoms with Crippen molar-refractivity contribution in [2.45, 2.75) is 46.6 Å². The fraction of sp³-hybridized carbons (Fsp3) is 0.462. The molecule has 2 aromatic rings. The maximum absolute atomic E-state index is 15.4. The molecule has 0 bridgehead atoms. The standard InChI is InChI=1S/C26H33FN2O7S/c1-8-34-19-12-16-13-29(25(28)21(16)22(27)24(19)35-9-2)14-18(30)15-10-17(26(3,4)5)23(33-6)20(11-15)36-37(7,31)32/h10-12,28H,8-9,13-14H2,1-7H3. The first-order chi connectivity index (χ1) is 17.2. The van der Waals surface area contributed by atoms with Crippen LogP contribution in [0.25, 0.3) is 0 Å². The lowest BCUT2D eigenvalue weighted by molar-refractivity contribution is 0.0962. The van der Waals surface area contributed by atoms with Gasteiger partial charge >= 0.3 is 10.1 Å². The number of amidine groups is 1. The van der Waals surface area contributed by atoms with E-state index in [4.69, 9.17) is 23.8 Å². The number of nitrogens with one attached hydrogen (secondary N) is 1. The van der Waals surface area contributed by atoms with Crippen LogP contribution in [0.15, 0.2) is 18.2 Å². The maximum atomic E-state index is 15.4. The number of halogens is 1. The summed E-state index contributed by atoms with van der Waals surface area (Å²) < 4.78 is 60.7. The van der Waals surface area contributed by atoms with Gasteiger partial charge in [-0.2, -0.15) is 8.42 Å². The SMILES string of the molecule is CCOc1cc2c(c(F)c1OCC)C(=N)N(CC(=O)c1cc(OS(C)(=O)=O)c(OC)c(C(C)(C)C)c1)C2. The zero-order valence-corrected chi connectivity index (χ0v) is 23.0. The van der Waals surface area contributed by atoms with E-state index in [1.165, 1.54) is 18.1 Å². The van der Waals surface area contributed by atoms with E-state index in [-0.39, 0.29) is 59.7 Å². The van der Waals surface area contributed by atoms with E-state index < -0.39 is 27.1 Å². The van der Waals surface area contributed by atoms with Gasteiger partial charge in [0.25, 0.3) is 0 Å². The number of ether oxygens (including phenoxy) is 3. The number of ketones is 1. The Morgan fingerprint density at radius 2 is 1.73 bits per heavy atom. The number of carbonyl (C=O) groups is 1. The number of benzene rings is 2. The minimum Gasteiger partial charge on any atom is -0.492 e. The third-order valence-corrected chi connectivity index (χ3v) is 6.22. The van der Waals surface area contributed by atoms with Crippen molar-refractivity contribution in [1.29, 1.82) is 5.41 Å². The molecule has 1 N–H and O–H groups in total. The second kappa shape index (κ2) is 10.6. The van der Waals surface area contributed by atoms with Crippen LogP contribution in [0.1, 0.15) is 61.7 Å². The summed E-state index contributed by atoms with van der Waals surface area (Å²) in [7, 11) is -2.51. The molecule has 3 rings (SSSR count). The van der Waals surface area contributed by atoms with E-state index in [1.54, 1.807) is 26.0 Å². The largest absolute Gasteiger partial charge is 0.492 e. The summed E-state index contributed by atoms with van der Waals surface area (Å²) in [5.74, 6) is -0.964. The van der Waals surface area contributed by atoms with Crippen LogP contribution in [0.2, 0.25) is 0 Å². The van der Waals surface area contributed by atoms with Crippen molar-refractivity contribution in [3.8, 4) is 23.0 Å². The topological polar surface area (TPSA) is 115 Å². The Hall–Kier alpha value is -3.34. The Balaban J connectivity index is 1.99. The number of rotatable bonds is 10. The van der Waals surface area contributed by atoms with Crippen molar-refractivity contribution in [3.63, 3.8) is 0 Å². The summed E-state index contributed by atoms with van der Waals surface area (Å²) in [6.45, 7) is 9.59. The van der Waals surface area contributed by atoms with Crippen LogP contribution in [0, 0.1) is 11.2 Å². The molecule has 0 spiro atoms. The lowest BCUT2D eigenvalue weighted by Crippen LogP contribution is -2.30. The highest BCUT2D eigenvalue weighted by molar-refractivity contribution is 7.86. The summed E-state index contributed by atoms with van der Waals surface area (Å²) >= 11 is 0. The van der Waals surface area contributed by atoms with Gasteiger partial charge in [-0.1, -0.05) is 20.8 Å². The number of hydrogen-bond acceptors (Lipinski definition) is 8. The Morgan fingerprint density at radius 3 is 2.27 bits per heavy atom. The van der Waals surface area contributed by atoms with Crippen molar-refractivity contribution >= 4 is 21.7 Å². The molecule has 0 radical (unpaired) electrons. The van der Waals surface area contributed by atoms with Crippen LogP contribution in [0.5, 0.6) is 23.0 Å². The number of Topliss-reactive ketones (excluding diaryl/α,β-unsaturated/α-hetero) is 1. The second-order valence-corrected chi connectivity index (χ2v) is 11.2. The smallest absolute Gasteiger partial charge is 0.306 e. The molecule has 0 aromatic heterocycles. The summed E-state index contributed by atoms with van der Waals surface area (Å²) in [5.41, 5.74) is 0.813. The average Bonchev–Trinajstić information content (AvgIpc) is 3.09. The zero-order valence-electron chi connectivity index (χ0n) is 22.2. The number of fused-ring (bicyclic) bond motifs is 1. The normalized spacial score (nSPS) is 13.4. The Bertz CT molecular complexity index is 1330. The van der Waals surface area contributed by atoms with E-state index in [2.05, 4.69) is 0 Å². The monoisotopic (exact) mass is 536 g/mol. The molecule has 1 heterocycles. The molecule has 0 fully saturated rings. The molecule has 37 heavy (non-hydrogen) atoms. The molecule has 1 aliphatic heterocycles. The Kier molecular flexibility index (Phi) is 8.06. The van der Waals surface area contributed by atoms with Gasteiger partial charge in [-0.05, 0) is 43.0 Å².